The summed E-state index contributed by atoms with van der Waals surface area (Å²) in [6.45, 7) is 0.278. The van der Waals surface area contributed by atoms with E-state index in [4.69, 9.17) is 9.47 Å². The highest BCUT2D eigenvalue weighted by molar-refractivity contribution is 5.72. The molecule has 2 rings (SSSR count). The molecule has 2 aromatic carbocycles. The predicted octanol–water partition coefficient (Wildman–Crippen LogP) is 4.47. The summed E-state index contributed by atoms with van der Waals surface area (Å²) in [5.41, 5.74) is -0.964. The largest absolute Gasteiger partial charge is 0.494 e. The number of carbonyl (C=O) groups excluding carboxylic acids is 1. The van der Waals surface area contributed by atoms with E-state index in [1.54, 1.807) is 12.1 Å². The number of rotatable bonds is 6. The number of ether oxygens (including phenoxy) is 2. The second-order valence-electron chi connectivity index (χ2n) is 4.73. The maximum absolute atomic E-state index is 12.8. The third kappa shape index (κ3) is 5.32. The average Bonchev–Trinajstić information content (AvgIpc) is 2.52. The van der Waals surface area contributed by atoms with Gasteiger partial charge < -0.3 is 9.47 Å². The van der Waals surface area contributed by atoms with E-state index in [1.165, 1.54) is 12.1 Å². The molecule has 0 fully saturated rings. The average molecular weight is 324 g/mol. The molecule has 0 aliphatic heterocycles. The summed E-state index contributed by atoms with van der Waals surface area (Å²) in [6.07, 6.45) is -4.24. The van der Waals surface area contributed by atoms with Crippen LogP contribution in [0.3, 0.4) is 0 Å². The molecular formula is C17H15F3O3. The van der Waals surface area contributed by atoms with Crippen LogP contribution in [0.2, 0.25) is 0 Å². The molecule has 0 amide bonds. The highest BCUT2D eigenvalue weighted by atomic mass is 19.4. The quantitative estimate of drug-likeness (QED) is 0.447. The van der Waals surface area contributed by atoms with Crippen molar-refractivity contribution in [3.63, 3.8) is 0 Å². The molecule has 2 aromatic rings. The first kappa shape index (κ1) is 16.9. The van der Waals surface area contributed by atoms with Gasteiger partial charge in [-0.3, -0.25) is 4.79 Å². The van der Waals surface area contributed by atoms with E-state index in [0.29, 0.717) is 12.2 Å². The van der Waals surface area contributed by atoms with Gasteiger partial charge in [-0.2, -0.15) is 13.2 Å². The van der Waals surface area contributed by atoms with Crippen molar-refractivity contribution in [1.29, 1.82) is 0 Å². The monoisotopic (exact) mass is 324 g/mol. The van der Waals surface area contributed by atoms with Gasteiger partial charge in [0.25, 0.3) is 0 Å². The first-order chi connectivity index (χ1) is 11.0. The lowest BCUT2D eigenvalue weighted by Crippen LogP contribution is -2.14. The number of hydrogen-bond donors (Lipinski definition) is 0. The molecule has 122 valence electrons. The topological polar surface area (TPSA) is 35.5 Å². The maximum Gasteiger partial charge on any atom is 0.419 e. The Balaban J connectivity index is 1.81. The molecule has 0 aromatic heterocycles. The number of halogens is 3. The van der Waals surface area contributed by atoms with Gasteiger partial charge in [-0.05, 0) is 30.7 Å². The Labute approximate surface area is 131 Å². The van der Waals surface area contributed by atoms with Gasteiger partial charge in [0.05, 0.1) is 12.2 Å². The van der Waals surface area contributed by atoms with Gasteiger partial charge >= 0.3 is 12.1 Å². The molecule has 0 saturated heterocycles. The fourth-order valence-electron chi connectivity index (χ4n) is 1.89. The highest BCUT2D eigenvalue weighted by Crippen LogP contribution is 2.36. The van der Waals surface area contributed by atoms with E-state index in [0.717, 1.165) is 12.1 Å². The van der Waals surface area contributed by atoms with Crippen LogP contribution in [-0.2, 0) is 11.0 Å². The summed E-state index contributed by atoms with van der Waals surface area (Å²) in [6, 6.07) is 13.7. The van der Waals surface area contributed by atoms with Crippen molar-refractivity contribution in [3.05, 3.63) is 60.2 Å². The van der Waals surface area contributed by atoms with Crippen molar-refractivity contribution in [2.24, 2.45) is 0 Å². The number of carbonyl (C=O) groups is 1. The second-order valence-corrected chi connectivity index (χ2v) is 4.73. The Bertz CT molecular complexity index is 639. The molecule has 0 radical (unpaired) electrons. The van der Waals surface area contributed by atoms with Crippen molar-refractivity contribution in [2.75, 3.05) is 6.61 Å². The number of alkyl halides is 3. The second kappa shape index (κ2) is 7.67. The standard InChI is InChI=1S/C17H15F3O3/c18-17(19,20)14-9-4-5-10-15(14)23-16(21)11-6-12-22-13-7-2-1-3-8-13/h1-5,7-10H,6,11-12H2. The van der Waals surface area contributed by atoms with Gasteiger partial charge in [0.15, 0.2) is 0 Å². The van der Waals surface area contributed by atoms with Crippen LogP contribution >= 0.6 is 0 Å². The SMILES string of the molecule is O=C(CCCOc1ccccc1)Oc1ccccc1C(F)(F)F. The molecule has 0 bridgehead atoms. The molecule has 0 heterocycles. The van der Waals surface area contributed by atoms with E-state index in [1.807, 2.05) is 18.2 Å². The molecule has 0 atom stereocenters. The molecule has 0 N–H and O–H groups in total. The predicted molar refractivity (Wildman–Crippen MR) is 78.3 cm³/mol. The first-order valence-electron chi connectivity index (χ1n) is 7.01. The van der Waals surface area contributed by atoms with Crippen LogP contribution in [0.25, 0.3) is 0 Å². The number of benzene rings is 2. The summed E-state index contributed by atoms with van der Waals surface area (Å²) in [5.74, 6) is -0.532. The van der Waals surface area contributed by atoms with E-state index >= 15 is 0 Å². The minimum absolute atomic E-state index is 0.0287. The van der Waals surface area contributed by atoms with E-state index in [-0.39, 0.29) is 13.0 Å². The molecule has 6 heteroatoms. The van der Waals surface area contributed by atoms with Crippen LogP contribution in [0.15, 0.2) is 54.6 Å². The van der Waals surface area contributed by atoms with Gasteiger partial charge in [0.2, 0.25) is 0 Å². The Morgan fingerprint density at radius 2 is 1.61 bits per heavy atom. The van der Waals surface area contributed by atoms with Crippen LogP contribution in [0.4, 0.5) is 13.2 Å². The molecule has 0 saturated carbocycles. The van der Waals surface area contributed by atoms with Crippen molar-refractivity contribution in [3.8, 4) is 11.5 Å². The van der Waals surface area contributed by atoms with Crippen molar-refractivity contribution >= 4 is 5.97 Å². The molecule has 3 nitrogen and oxygen atoms in total. The van der Waals surface area contributed by atoms with Crippen LogP contribution < -0.4 is 9.47 Å². The van der Waals surface area contributed by atoms with E-state index in [9.17, 15) is 18.0 Å². The molecule has 0 unspecified atom stereocenters. The zero-order valence-corrected chi connectivity index (χ0v) is 12.2. The fourth-order valence-corrected chi connectivity index (χ4v) is 1.89. The minimum atomic E-state index is -4.56. The van der Waals surface area contributed by atoms with E-state index in [2.05, 4.69) is 0 Å². The third-order valence-electron chi connectivity index (χ3n) is 2.95. The lowest BCUT2D eigenvalue weighted by atomic mass is 10.2. The van der Waals surface area contributed by atoms with Crippen LogP contribution in [0, 0.1) is 0 Å². The zero-order chi connectivity index (χ0) is 16.7. The van der Waals surface area contributed by atoms with Crippen molar-refractivity contribution in [1.82, 2.24) is 0 Å². The first-order valence-corrected chi connectivity index (χ1v) is 7.01. The van der Waals surface area contributed by atoms with Crippen molar-refractivity contribution < 1.29 is 27.4 Å². The van der Waals surface area contributed by atoms with Gasteiger partial charge in [-0.1, -0.05) is 30.3 Å². The summed E-state index contributed by atoms with van der Waals surface area (Å²) in [4.78, 5) is 11.7. The maximum atomic E-state index is 12.8. The molecular weight excluding hydrogens is 309 g/mol. The fraction of sp³-hybridized carbons (Fsp3) is 0.235. The van der Waals surface area contributed by atoms with Gasteiger partial charge in [0, 0.05) is 6.42 Å². The van der Waals surface area contributed by atoms with Gasteiger partial charge in [-0.15, -0.1) is 0 Å². The van der Waals surface area contributed by atoms with Gasteiger partial charge in [0.1, 0.15) is 11.5 Å². The minimum Gasteiger partial charge on any atom is -0.494 e. The Morgan fingerprint density at radius 3 is 2.30 bits per heavy atom. The van der Waals surface area contributed by atoms with E-state index < -0.39 is 23.5 Å². The molecule has 0 spiro atoms. The molecule has 0 aliphatic rings. The van der Waals surface area contributed by atoms with Crippen LogP contribution in [0.5, 0.6) is 11.5 Å². The van der Waals surface area contributed by atoms with Crippen molar-refractivity contribution in [2.45, 2.75) is 19.0 Å². The summed E-state index contributed by atoms with van der Waals surface area (Å²) < 4.78 is 48.6. The third-order valence-corrected chi connectivity index (χ3v) is 2.95. The van der Waals surface area contributed by atoms with Crippen LogP contribution in [-0.4, -0.2) is 12.6 Å². The normalized spacial score (nSPS) is 11.1. The number of para-hydroxylation sites is 2. The Hall–Kier alpha value is -2.50. The summed E-state index contributed by atoms with van der Waals surface area (Å²) >= 11 is 0. The zero-order valence-electron chi connectivity index (χ0n) is 12.2. The lowest BCUT2D eigenvalue weighted by Gasteiger charge is -2.12. The Kier molecular flexibility index (Phi) is 5.62. The smallest absolute Gasteiger partial charge is 0.419 e. The molecule has 23 heavy (non-hydrogen) atoms. The number of hydrogen-bond acceptors (Lipinski definition) is 3. The highest BCUT2D eigenvalue weighted by Gasteiger charge is 2.34. The van der Waals surface area contributed by atoms with Gasteiger partial charge in [-0.25, -0.2) is 0 Å². The molecule has 0 aliphatic carbocycles. The lowest BCUT2D eigenvalue weighted by molar-refractivity contribution is -0.142. The summed E-state index contributed by atoms with van der Waals surface area (Å²) in [7, 11) is 0. The summed E-state index contributed by atoms with van der Waals surface area (Å²) in [5, 5.41) is 0. The Morgan fingerprint density at radius 1 is 0.957 bits per heavy atom. The van der Waals surface area contributed by atoms with Crippen LogP contribution in [0.1, 0.15) is 18.4 Å². The number of esters is 1.